The van der Waals surface area contributed by atoms with Gasteiger partial charge in [0.1, 0.15) is 5.75 Å². The van der Waals surface area contributed by atoms with Gasteiger partial charge in [0.25, 0.3) is 0 Å². The van der Waals surface area contributed by atoms with E-state index in [1.54, 1.807) is 0 Å². The van der Waals surface area contributed by atoms with Crippen molar-refractivity contribution in [3.05, 3.63) is 24.3 Å². The van der Waals surface area contributed by atoms with Crippen molar-refractivity contribution >= 4 is 11.6 Å². The number of rotatable bonds is 6. The second-order valence-electron chi connectivity index (χ2n) is 3.42. The van der Waals surface area contributed by atoms with Crippen molar-refractivity contribution < 1.29 is 9.53 Å². The van der Waals surface area contributed by atoms with E-state index in [0.717, 1.165) is 17.9 Å². The Morgan fingerprint density at radius 3 is 2.62 bits per heavy atom. The first-order valence-corrected chi connectivity index (χ1v) is 5.49. The van der Waals surface area contributed by atoms with E-state index in [4.69, 9.17) is 10.5 Å². The molecule has 3 N–H and O–H groups in total. The van der Waals surface area contributed by atoms with Crippen LogP contribution in [0.3, 0.4) is 0 Å². The highest BCUT2D eigenvalue weighted by atomic mass is 16.5. The highest BCUT2D eigenvalue weighted by Gasteiger charge is 1.99. The van der Waals surface area contributed by atoms with Gasteiger partial charge in [0.15, 0.2) is 0 Å². The number of ether oxygens (including phenoxy) is 1. The van der Waals surface area contributed by atoms with Gasteiger partial charge >= 0.3 is 0 Å². The number of hydrogen-bond donors (Lipinski definition) is 2. The molecular formula is C12H18N2O2. The van der Waals surface area contributed by atoms with E-state index >= 15 is 0 Å². The third-order valence-corrected chi connectivity index (χ3v) is 2.08. The van der Waals surface area contributed by atoms with Gasteiger partial charge in [0.2, 0.25) is 5.91 Å². The molecule has 0 saturated carbocycles. The summed E-state index contributed by atoms with van der Waals surface area (Å²) in [6.07, 6.45) is 1.32. The minimum atomic E-state index is 0.0109. The van der Waals surface area contributed by atoms with Crippen LogP contribution in [0.2, 0.25) is 0 Å². The van der Waals surface area contributed by atoms with E-state index in [-0.39, 0.29) is 5.91 Å². The molecule has 0 aromatic heterocycles. The van der Waals surface area contributed by atoms with Crippen LogP contribution in [0.25, 0.3) is 0 Å². The number of anilines is 1. The normalized spacial score (nSPS) is 9.88. The SMILES string of the molecule is CCC(=O)Nc1ccc(OCCCN)cc1. The number of benzene rings is 1. The molecule has 88 valence electrons. The number of nitrogens with one attached hydrogen (secondary N) is 1. The summed E-state index contributed by atoms with van der Waals surface area (Å²) in [5.74, 6) is 0.805. The van der Waals surface area contributed by atoms with E-state index in [1.165, 1.54) is 0 Å². The molecule has 1 amide bonds. The molecule has 1 rings (SSSR count). The first-order chi connectivity index (χ1) is 7.76. The summed E-state index contributed by atoms with van der Waals surface area (Å²) >= 11 is 0. The molecule has 4 heteroatoms. The van der Waals surface area contributed by atoms with Crippen LogP contribution in [0.5, 0.6) is 5.75 Å². The zero-order valence-corrected chi connectivity index (χ0v) is 9.53. The predicted molar refractivity (Wildman–Crippen MR) is 64.5 cm³/mol. The zero-order valence-electron chi connectivity index (χ0n) is 9.53. The lowest BCUT2D eigenvalue weighted by Crippen LogP contribution is -2.09. The molecule has 1 aromatic carbocycles. The van der Waals surface area contributed by atoms with Gasteiger partial charge in [-0.1, -0.05) is 6.92 Å². The fraction of sp³-hybridized carbons (Fsp3) is 0.417. The van der Waals surface area contributed by atoms with E-state index in [1.807, 2.05) is 31.2 Å². The molecule has 0 saturated heterocycles. The maximum Gasteiger partial charge on any atom is 0.224 e. The van der Waals surface area contributed by atoms with Gasteiger partial charge in [-0.2, -0.15) is 0 Å². The molecule has 0 aliphatic rings. The molecule has 0 bridgehead atoms. The Hall–Kier alpha value is -1.55. The summed E-state index contributed by atoms with van der Waals surface area (Å²) in [4.78, 5) is 11.1. The highest BCUT2D eigenvalue weighted by molar-refractivity contribution is 5.90. The van der Waals surface area contributed by atoms with E-state index in [0.29, 0.717) is 19.6 Å². The van der Waals surface area contributed by atoms with Crippen LogP contribution >= 0.6 is 0 Å². The molecule has 0 fully saturated rings. The van der Waals surface area contributed by atoms with Crippen LogP contribution in [0.1, 0.15) is 19.8 Å². The summed E-state index contributed by atoms with van der Waals surface area (Å²) in [7, 11) is 0. The Bertz CT molecular complexity index is 322. The summed E-state index contributed by atoms with van der Waals surface area (Å²) in [5, 5.41) is 2.77. The van der Waals surface area contributed by atoms with Crippen molar-refractivity contribution in [2.24, 2.45) is 5.73 Å². The van der Waals surface area contributed by atoms with Gasteiger partial charge in [-0.15, -0.1) is 0 Å². The largest absolute Gasteiger partial charge is 0.494 e. The first-order valence-electron chi connectivity index (χ1n) is 5.49. The number of carbonyl (C=O) groups excluding carboxylic acids is 1. The smallest absolute Gasteiger partial charge is 0.224 e. The summed E-state index contributed by atoms with van der Waals surface area (Å²) in [5.41, 5.74) is 6.15. The van der Waals surface area contributed by atoms with Gasteiger partial charge in [-0.05, 0) is 37.2 Å². The first kappa shape index (κ1) is 12.5. The van der Waals surface area contributed by atoms with Crippen molar-refractivity contribution in [2.75, 3.05) is 18.5 Å². The second kappa shape index (κ2) is 6.85. The Kier molecular flexibility index (Phi) is 5.36. The Balaban J connectivity index is 2.44. The summed E-state index contributed by atoms with van der Waals surface area (Å²) in [6, 6.07) is 7.32. The minimum Gasteiger partial charge on any atom is -0.494 e. The average molecular weight is 222 g/mol. The number of nitrogens with two attached hydrogens (primary N) is 1. The van der Waals surface area contributed by atoms with Crippen molar-refractivity contribution in [3.63, 3.8) is 0 Å². The van der Waals surface area contributed by atoms with E-state index < -0.39 is 0 Å². The number of amides is 1. The van der Waals surface area contributed by atoms with Crippen LogP contribution in [0.15, 0.2) is 24.3 Å². The molecule has 16 heavy (non-hydrogen) atoms. The molecule has 0 atom stereocenters. The number of carbonyl (C=O) groups is 1. The third-order valence-electron chi connectivity index (χ3n) is 2.08. The second-order valence-corrected chi connectivity index (χ2v) is 3.42. The maximum atomic E-state index is 11.1. The van der Waals surface area contributed by atoms with Crippen molar-refractivity contribution in [2.45, 2.75) is 19.8 Å². The average Bonchev–Trinajstić information content (AvgIpc) is 2.31. The molecule has 4 nitrogen and oxygen atoms in total. The molecule has 0 aliphatic carbocycles. The molecule has 0 heterocycles. The minimum absolute atomic E-state index is 0.0109. The standard InChI is InChI=1S/C12H18N2O2/c1-2-12(15)14-10-4-6-11(7-5-10)16-9-3-8-13/h4-7H,2-3,8-9,13H2,1H3,(H,14,15). The van der Waals surface area contributed by atoms with Gasteiger partial charge < -0.3 is 15.8 Å². The van der Waals surface area contributed by atoms with Crippen molar-refractivity contribution in [1.82, 2.24) is 0 Å². The molecule has 0 radical (unpaired) electrons. The fourth-order valence-corrected chi connectivity index (χ4v) is 1.16. The maximum absolute atomic E-state index is 11.1. The van der Waals surface area contributed by atoms with Crippen molar-refractivity contribution in [3.8, 4) is 5.75 Å². The van der Waals surface area contributed by atoms with Crippen LogP contribution in [-0.4, -0.2) is 19.1 Å². The lowest BCUT2D eigenvalue weighted by molar-refractivity contribution is -0.115. The molecule has 0 aliphatic heterocycles. The van der Waals surface area contributed by atoms with Crippen LogP contribution < -0.4 is 15.8 Å². The van der Waals surface area contributed by atoms with Gasteiger partial charge in [-0.25, -0.2) is 0 Å². The van der Waals surface area contributed by atoms with E-state index in [2.05, 4.69) is 5.32 Å². The molecule has 0 spiro atoms. The quantitative estimate of drug-likeness (QED) is 0.721. The van der Waals surface area contributed by atoms with Crippen LogP contribution in [-0.2, 0) is 4.79 Å². The highest BCUT2D eigenvalue weighted by Crippen LogP contribution is 2.15. The van der Waals surface area contributed by atoms with E-state index in [9.17, 15) is 4.79 Å². The van der Waals surface area contributed by atoms with Crippen LogP contribution in [0.4, 0.5) is 5.69 Å². The van der Waals surface area contributed by atoms with Gasteiger partial charge in [0, 0.05) is 12.1 Å². The predicted octanol–water partition coefficient (Wildman–Crippen LogP) is 1.76. The Labute approximate surface area is 95.8 Å². The lowest BCUT2D eigenvalue weighted by Gasteiger charge is -2.07. The topological polar surface area (TPSA) is 64.3 Å². The summed E-state index contributed by atoms with van der Waals surface area (Å²) in [6.45, 7) is 3.07. The van der Waals surface area contributed by atoms with Gasteiger partial charge in [-0.3, -0.25) is 4.79 Å². The van der Waals surface area contributed by atoms with Gasteiger partial charge in [0.05, 0.1) is 6.61 Å². The lowest BCUT2D eigenvalue weighted by atomic mass is 10.3. The zero-order chi connectivity index (χ0) is 11.8. The third kappa shape index (κ3) is 4.31. The number of hydrogen-bond acceptors (Lipinski definition) is 3. The fourth-order valence-electron chi connectivity index (χ4n) is 1.16. The van der Waals surface area contributed by atoms with Crippen molar-refractivity contribution in [1.29, 1.82) is 0 Å². The summed E-state index contributed by atoms with van der Waals surface area (Å²) < 4.78 is 5.44. The molecular weight excluding hydrogens is 204 g/mol. The molecule has 1 aromatic rings. The molecule has 0 unspecified atom stereocenters. The Morgan fingerprint density at radius 2 is 2.06 bits per heavy atom. The Morgan fingerprint density at radius 1 is 1.38 bits per heavy atom. The monoisotopic (exact) mass is 222 g/mol. The van der Waals surface area contributed by atoms with Crippen LogP contribution in [0, 0.1) is 0 Å².